The molecule has 1 saturated heterocycles. The first-order chi connectivity index (χ1) is 8.02. The Bertz CT molecular complexity index is 244. The Kier molecular flexibility index (Phi) is 5.92. The fraction of sp³-hybridized carbons (Fsp3) is 0.923. The van der Waals surface area contributed by atoms with Crippen molar-refractivity contribution in [1.29, 1.82) is 0 Å². The van der Waals surface area contributed by atoms with Gasteiger partial charge in [0, 0.05) is 25.7 Å². The van der Waals surface area contributed by atoms with E-state index in [1.807, 2.05) is 0 Å². The highest BCUT2D eigenvalue weighted by molar-refractivity contribution is 5.70. The van der Waals surface area contributed by atoms with E-state index < -0.39 is 5.97 Å². The van der Waals surface area contributed by atoms with E-state index in [4.69, 9.17) is 0 Å². The maximum atomic E-state index is 11.2. The highest BCUT2D eigenvalue weighted by atomic mass is 16.4. The summed E-state index contributed by atoms with van der Waals surface area (Å²) in [5.74, 6) is -0.270. The van der Waals surface area contributed by atoms with Crippen LogP contribution >= 0.6 is 0 Å². The van der Waals surface area contributed by atoms with Crippen LogP contribution in [-0.2, 0) is 4.79 Å². The molecule has 2 N–H and O–H groups in total. The Morgan fingerprint density at radius 2 is 2.18 bits per heavy atom. The molecule has 1 heterocycles. The van der Waals surface area contributed by atoms with E-state index in [9.17, 15) is 9.90 Å². The van der Waals surface area contributed by atoms with Crippen LogP contribution in [-0.4, -0.2) is 48.2 Å². The van der Waals surface area contributed by atoms with Crippen LogP contribution in [0.15, 0.2) is 0 Å². The molecule has 2 unspecified atom stereocenters. The van der Waals surface area contributed by atoms with Crippen molar-refractivity contribution in [2.75, 3.05) is 26.2 Å². The highest BCUT2D eigenvalue weighted by Gasteiger charge is 2.31. The van der Waals surface area contributed by atoms with E-state index in [1.165, 1.54) is 0 Å². The number of rotatable bonds is 6. The summed E-state index contributed by atoms with van der Waals surface area (Å²) in [5.41, 5.74) is 0. The van der Waals surface area contributed by atoms with Gasteiger partial charge in [0.25, 0.3) is 0 Å². The van der Waals surface area contributed by atoms with Gasteiger partial charge in [-0.2, -0.15) is 0 Å². The molecule has 4 heteroatoms. The Morgan fingerprint density at radius 1 is 1.47 bits per heavy atom. The third-order valence-electron chi connectivity index (χ3n) is 3.18. The topological polar surface area (TPSA) is 52.6 Å². The summed E-state index contributed by atoms with van der Waals surface area (Å²) < 4.78 is 0. The number of carboxylic acids is 1. The third kappa shape index (κ3) is 5.04. The average Bonchev–Trinajstić information content (AvgIpc) is 2.25. The number of nitrogens with one attached hydrogen (secondary N) is 1. The van der Waals surface area contributed by atoms with Crippen LogP contribution in [0.1, 0.15) is 33.6 Å². The molecule has 1 aliphatic heterocycles. The zero-order chi connectivity index (χ0) is 12.8. The molecular weight excluding hydrogens is 216 g/mol. The summed E-state index contributed by atoms with van der Waals surface area (Å²) in [6.45, 7) is 10.2. The summed E-state index contributed by atoms with van der Waals surface area (Å²) in [6, 6.07) is 0.337. The zero-order valence-electron chi connectivity index (χ0n) is 11.3. The number of carbonyl (C=O) groups is 1. The summed E-state index contributed by atoms with van der Waals surface area (Å²) in [7, 11) is 0. The molecule has 4 nitrogen and oxygen atoms in total. The van der Waals surface area contributed by atoms with Gasteiger partial charge in [-0.3, -0.25) is 4.79 Å². The lowest BCUT2D eigenvalue weighted by molar-refractivity contribution is -0.144. The molecule has 0 aromatic heterocycles. The maximum Gasteiger partial charge on any atom is 0.307 e. The molecule has 0 radical (unpaired) electrons. The van der Waals surface area contributed by atoms with Gasteiger partial charge in [-0.15, -0.1) is 0 Å². The molecular formula is C13H26N2O2. The third-order valence-corrected chi connectivity index (χ3v) is 3.18. The first kappa shape index (κ1) is 14.5. The highest BCUT2D eigenvalue weighted by Crippen LogP contribution is 2.18. The van der Waals surface area contributed by atoms with E-state index in [1.54, 1.807) is 0 Å². The summed E-state index contributed by atoms with van der Waals surface area (Å²) in [6.07, 6.45) is 1.86. The molecule has 0 aromatic rings. The minimum atomic E-state index is -0.651. The van der Waals surface area contributed by atoms with Gasteiger partial charge in [-0.25, -0.2) is 0 Å². The van der Waals surface area contributed by atoms with Crippen LogP contribution in [0.4, 0.5) is 0 Å². The fourth-order valence-corrected chi connectivity index (χ4v) is 2.53. The van der Waals surface area contributed by atoms with Crippen molar-refractivity contribution in [2.24, 2.45) is 11.8 Å². The van der Waals surface area contributed by atoms with Crippen LogP contribution in [0.2, 0.25) is 0 Å². The number of carboxylic acid groups (broad SMARTS) is 1. The van der Waals surface area contributed by atoms with E-state index in [2.05, 4.69) is 31.0 Å². The maximum absolute atomic E-state index is 11.2. The first-order valence-electron chi connectivity index (χ1n) is 6.71. The lowest BCUT2D eigenvalue weighted by Crippen LogP contribution is -2.51. The van der Waals surface area contributed by atoms with E-state index in [0.29, 0.717) is 18.5 Å². The van der Waals surface area contributed by atoms with Crippen molar-refractivity contribution in [3.05, 3.63) is 0 Å². The molecule has 100 valence electrons. The van der Waals surface area contributed by atoms with Crippen LogP contribution in [0.25, 0.3) is 0 Å². The van der Waals surface area contributed by atoms with Gasteiger partial charge in [0.05, 0.1) is 5.92 Å². The number of likely N-dealkylation sites (tertiary alicyclic amines) is 1. The van der Waals surface area contributed by atoms with Gasteiger partial charge >= 0.3 is 5.97 Å². The Labute approximate surface area is 104 Å². The zero-order valence-corrected chi connectivity index (χ0v) is 11.3. The van der Waals surface area contributed by atoms with Crippen molar-refractivity contribution in [3.63, 3.8) is 0 Å². The molecule has 0 aliphatic carbocycles. The predicted octanol–water partition coefficient (Wildman–Crippen LogP) is 1.42. The normalized spacial score (nSPS) is 26.4. The monoisotopic (exact) mass is 242 g/mol. The van der Waals surface area contributed by atoms with E-state index in [0.717, 1.165) is 32.5 Å². The summed E-state index contributed by atoms with van der Waals surface area (Å²) >= 11 is 0. The molecule has 1 aliphatic rings. The molecule has 1 fully saturated rings. The second-order valence-electron chi connectivity index (χ2n) is 5.53. The molecule has 0 bridgehead atoms. The quantitative estimate of drug-likeness (QED) is 0.739. The van der Waals surface area contributed by atoms with Crippen LogP contribution in [0.5, 0.6) is 0 Å². The molecule has 0 aromatic carbocycles. The van der Waals surface area contributed by atoms with Gasteiger partial charge < -0.3 is 15.3 Å². The smallest absolute Gasteiger partial charge is 0.307 e. The van der Waals surface area contributed by atoms with Crippen molar-refractivity contribution in [1.82, 2.24) is 10.2 Å². The number of nitrogens with zero attached hydrogens (tertiary/aromatic N) is 1. The summed E-state index contributed by atoms with van der Waals surface area (Å²) in [5, 5.41) is 12.6. The van der Waals surface area contributed by atoms with Crippen LogP contribution < -0.4 is 5.32 Å². The van der Waals surface area contributed by atoms with Gasteiger partial charge in [-0.1, -0.05) is 20.8 Å². The van der Waals surface area contributed by atoms with Crippen LogP contribution in [0, 0.1) is 11.8 Å². The average molecular weight is 242 g/mol. The number of piperidine rings is 1. The minimum absolute atomic E-state index is 0.211. The predicted molar refractivity (Wildman–Crippen MR) is 69.1 cm³/mol. The standard InChI is InChI=1S/C13H26N2O2/c1-4-5-14-12-6-11(13(16)17)8-15(9-12)7-10(2)3/h10-12,14H,4-9H2,1-3H3,(H,16,17). The SMILES string of the molecule is CCCNC1CC(C(=O)O)CN(CC(C)C)C1. The van der Waals surface area contributed by atoms with Gasteiger partial charge in [0.1, 0.15) is 0 Å². The first-order valence-corrected chi connectivity index (χ1v) is 6.71. The van der Waals surface area contributed by atoms with Gasteiger partial charge in [0.15, 0.2) is 0 Å². The lowest BCUT2D eigenvalue weighted by Gasteiger charge is -2.37. The Hall–Kier alpha value is -0.610. The van der Waals surface area contributed by atoms with Crippen molar-refractivity contribution in [2.45, 2.75) is 39.7 Å². The molecule has 0 amide bonds. The molecule has 2 atom stereocenters. The van der Waals surface area contributed by atoms with E-state index in [-0.39, 0.29) is 5.92 Å². The van der Waals surface area contributed by atoms with Crippen molar-refractivity contribution in [3.8, 4) is 0 Å². The largest absolute Gasteiger partial charge is 0.481 e. The number of aliphatic carboxylic acids is 1. The summed E-state index contributed by atoms with van der Waals surface area (Å²) in [4.78, 5) is 13.4. The fourth-order valence-electron chi connectivity index (χ4n) is 2.53. The van der Waals surface area contributed by atoms with Crippen LogP contribution in [0.3, 0.4) is 0 Å². The Morgan fingerprint density at radius 3 is 2.71 bits per heavy atom. The van der Waals surface area contributed by atoms with Crippen molar-refractivity contribution < 1.29 is 9.90 Å². The molecule has 0 spiro atoms. The molecule has 17 heavy (non-hydrogen) atoms. The van der Waals surface area contributed by atoms with Gasteiger partial charge in [-0.05, 0) is 25.3 Å². The van der Waals surface area contributed by atoms with Gasteiger partial charge in [0.2, 0.25) is 0 Å². The number of hydrogen-bond acceptors (Lipinski definition) is 3. The second kappa shape index (κ2) is 6.97. The van der Waals surface area contributed by atoms with Crippen molar-refractivity contribution >= 4 is 5.97 Å². The molecule has 0 saturated carbocycles. The Balaban J connectivity index is 2.52. The minimum Gasteiger partial charge on any atom is -0.481 e. The lowest BCUT2D eigenvalue weighted by atomic mass is 9.93. The molecule has 1 rings (SSSR count). The second-order valence-corrected chi connectivity index (χ2v) is 5.53. The number of hydrogen-bond donors (Lipinski definition) is 2. The van der Waals surface area contributed by atoms with E-state index >= 15 is 0 Å².